The van der Waals surface area contributed by atoms with Crippen LogP contribution in [0, 0.1) is 5.82 Å². The summed E-state index contributed by atoms with van der Waals surface area (Å²) in [5.41, 5.74) is 1.23. The van der Waals surface area contributed by atoms with Gasteiger partial charge < -0.3 is 15.0 Å². The summed E-state index contributed by atoms with van der Waals surface area (Å²) in [5, 5.41) is 3.86. The zero-order valence-electron chi connectivity index (χ0n) is 13.7. The lowest BCUT2D eigenvalue weighted by Crippen LogP contribution is -2.49. The van der Waals surface area contributed by atoms with Crippen LogP contribution in [0.25, 0.3) is 0 Å². The fraction of sp³-hybridized carbons (Fsp3) is 0.684. The van der Waals surface area contributed by atoms with Crippen LogP contribution in [0.5, 0.6) is 0 Å². The molecule has 4 rings (SSSR count). The number of halogens is 1. The lowest BCUT2D eigenvalue weighted by Gasteiger charge is -2.35. The molecule has 3 nitrogen and oxygen atoms in total. The number of ether oxygens (including phenoxy) is 1. The van der Waals surface area contributed by atoms with Crippen molar-refractivity contribution in [2.75, 3.05) is 19.6 Å². The summed E-state index contributed by atoms with van der Waals surface area (Å²) in [6.07, 6.45) is 8.23. The van der Waals surface area contributed by atoms with Crippen LogP contribution in [0.2, 0.25) is 0 Å². The Kier molecular flexibility index (Phi) is 4.65. The van der Waals surface area contributed by atoms with E-state index in [9.17, 15) is 4.39 Å². The van der Waals surface area contributed by atoms with E-state index in [4.69, 9.17) is 4.74 Å². The molecular formula is C19H27FN2O. The molecule has 23 heavy (non-hydrogen) atoms. The molecule has 0 saturated carbocycles. The van der Waals surface area contributed by atoms with Crippen LogP contribution in [-0.4, -0.2) is 48.8 Å². The highest BCUT2D eigenvalue weighted by Crippen LogP contribution is 2.34. The third-order valence-corrected chi connectivity index (χ3v) is 5.77. The van der Waals surface area contributed by atoms with E-state index in [1.165, 1.54) is 50.8 Å². The zero-order chi connectivity index (χ0) is 15.6. The van der Waals surface area contributed by atoms with Crippen molar-refractivity contribution >= 4 is 0 Å². The first-order valence-electron chi connectivity index (χ1n) is 9.14. The molecule has 0 spiro atoms. The Morgan fingerprint density at radius 2 is 1.87 bits per heavy atom. The van der Waals surface area contributed by atoms with E-state index in [1.807, 2.05) is 12.1 Å². The van der Waals surface area contributed by atoms with Gasteiger partial charge in [0.15, 0.2) is 0 Å². The van der Waals surface area contributed by atoms with Crippen molar-refractivity contribution in [1.29, 1.82) is 0 Å². The molecule has 4 heteroatoms. The molecule has 0 aliphatic carbocycles. The topological polar surface area (TPSA) is 24.5 Å². The monoisotopic (exact) mass is 318 g/mol. The van der Waals surface area contributed by atoms with Crippen molar-refractivity contribution in [3.8, 4) is 0 Å². The smallest absolute Gasteiger partial charge is 0.123 e. The minimum Gasteiger partial charge on any atom is -0.373 e. The van der Waals surface area contributed by atoms with E-state index in [1.54, 1.807) is 12.1 Å². The molecule has 126 valence electrons. The van der Waals surface area contributed by atoms with E-state index in [0.29, 0.717) is 24.3 Å². The van der Waals surface area contributed by atoms with Gasteiger partial charge in [0.2, 0.25) is 0 Å². The summed E-state index contributed by atoms with van der Waals surface area (Å²) in [6.45, 7) is 3.41. The Balaban J connectivity index is 1.18. The number of piperidine rings is 1. The summed E-state index contributed by atoms with van der Waals surface area (Å²) >= 11 is 0. The first-order valence-corrected chi connectivity index (χ1v) is 9.14. The Hall–Kier alpha value is -0.970. The molecule has 1 aromatic rings. The Morgan fingerprint density at radius 1 is 1.09 bits per heavy atom. The molecule has 1 aromatic carbocycles. The van der Waals surface area contributed by atoms with Crippen molar-refractivity contribution in [3.63, 3.8) is 0 Å². The van der Waals surface area contributed by atoms with Gasteiger partial charge in [-0.05, 0) is 69.3 Å². The van der Waals surface area contributed by atoms with Gasteiger partial charge in [-0.1, -0.05) is 12.1 Å². The van der Waals surface area contributed by atoms with Crippen LogP contribution in [-0.2, 0) is 11.2 Å². The van der Waals surface area contributed by atoms with Crippen molar-refractivity contribution in [2.24, 2.45) is 0 Å². The van der Waals surface area contributed by atoms with Crippen molar-refractivity contribution in [3.05, 3.63) is 35.6 Å². The van der Waals surface area contributed by atoms with Crippen molar-refractivity contribution in [2.45, 2.75) is 62.8 Å². The molecule has 0 unspecified atom stereocenters. The fourth-order valence-corrected chi connectivity index (χ4v) is 4.38. The van der Waals surface area contributed by atoms with Gasteiger partial charge in [-0.15, -0.1) is 0 Å². The number of nitrogens with zero attached hydrogens (tertiary/aromatic N) is 1. The molecule has 3 saturated heterocycles. The zero-order valence-corrected chi connectivity index (χ0v) is 13.7. The number of hydrogen-bond acceptors (Lipinski definition) is 3. The van der Waals surface area contributed by atoms with Gasteiger partial charge in [0, 0.05) is 18.6 Å². The van der Waals surface area contributed by atoms with Gasteiger partial charge in [0.1, 0.15) is 5.82 Å². The minimum absolute atomic E-state index is 0.148. The van der Waals surface area contributed by atoms with Gasteiger partial charge in [-0.2, -0.15) is 0 Å². The standard InChI is InChI=1S/C19H27FN2O/c20-15-3-1-14(2-4-15)7-10-22-11-8-16(9-12-22)21-18-13-17-5-6-19(18)23-17/h1-4,16-19,21H,5-13H2/t17-,18-,19+/m1/s1. The molecule has 2 bridgehead atoms. The second-order valence-corrected chi connectivity index (χ2v) is 7.38. The number of likely N-dealkylation sites (tertiary alicyclic amines) is 1. The van der Waals surface area contributed by atoms with Crippen LogP contribution in [0.1, 0.15) is 37.7 Å². The van der Waals surface area contributed by atoms with E-state index < -0.39 is 0 Å². The maximum absolute atomic E-state index is 12.9. The molecule has 1 N–H and O–H groups in total. The van der Waals surface area contributed by atoms with Gasteiger partial charge in [-0.25, -0.2) is 4.39 Å². The molecular weight excluding hydrogens is 291 g/mol. The predicted octanol–water partition coefficient (Wildman–Crippen LogP) is 2.74. The second-order valence-electron chi connectivity index (χ2n) is 7.38. The SMILES string of the molecule is Fc1ccc(CCN2CCC(N[C@@H]3C[C@H]4CC[C@@H]3O4)CC2)cc1. The summed E-state index contributed by atoms with van der Waals surface area (Å²) in [5.74, 6) is -0.148. The second kappa shape index (κ2) is 6.88. The fourth-order valence-electron chi connectivity index (χ4n) is 4.38. The number of rotatable bonds is 5. The Labute approximate surface area is 138 Å². The highest BCUT2D eigenvalue weighted by Gasteiger charge is 2.41. The highest BCUT2D eigenvalue weighted by atomic mass is 19.1. The molecule has 0 aromatic heterocycles. The largest absolute Gasteiger partial charge is 0.373 e. The highest BCUT2D eigenvalue weighted by molar-refractivity contribution is 5.16. The summed E-state index contributed by atoms with van der Waals surface area (Å²) in [6, 6.07) is 8.18. The lowest BCUT2D eigenvalue weighted by atomic mass is 9.93. The first kappa shape index (κ1) is 15.6. The van der Waals surface area contributed by atoms with Crippen LogP contribution >= 0.6 is 0 Å². The van der Waals surface area contributed by atoms with Gasteiger partial charge in [-0.3, -0.25) is 0 Å². The van der Waals surface area contributed by atoms with Crippen LogP contribution in [0.15, 0.2) is 24.3 Å². The molecule has 3 fully saturated rings. The Bertz CT molecular complexity index is 513. The first-order chi connectivity index (χ1) is 11.3. The summed E-state index contributed by atoms with van der Waals surface area (Å²) in [7, 11) is 0. The van der Waals surface area contributed by atoms with E-state index in [0.717, 1.165) is 13.0 Å². The number of fused-ring (bicyclic) bond motifs is 2. The molecule has 0 amide bonds. The molecule has 3 aliphatic rings. The van der Waals surface area contributed by atoms with E-state index >= 15 is 0 Å². The van der Waals surface area contributed by atoms with Gasteiger partial charge in [0.25, 0.3) is 0 Å². The molecule has 3 atom stereocenters. The third-order valence-electron chi connectivity index (χ3n) is 5.77. The van der Waals surface area contributed by atoms with Crippen LogP contribution < -0.4 is 5.32 Å². The normalized spacial score (nSPS) is 31.8. The number of nitrogens with one attached hydrogen (secondary N) is 1. The van der Waals surface area contributed by atoms with Gasteiger partial charge >= 0.3 is 0 Å². The average Bonchev–Trinajstić information content (AvgIpc) is 3.19. The minimum atomic E-state index is -0.148. The molecule has 3 aliphatic heterocycles. The number of benzene rings is 1. The predicted molar refractivity (Wildman–Crippen MR) is 89.0 cm³/mol. The maximum atomic E-state index is 12.9. The van der Waals surface area contributed by atoms with Gasteiger partial charge in [0.05, 0.1) is 12.2 Å². The number of hydrogen-bond donors (Lipinski definition) is 1. The van der Waals surface area contributed by atoms with Crippen LogP contribution in [0.4, 0.5) is 4.39 Å². The van der Waals surface area contributed by atoms with Crippen LogP contribution in [0.3, 0.4) is 0 Å². The third kappa shape index (κ3) is 3.76. The molecule has 0 radical (unpaired) electrons. The van der Waals surface area contributed by atoms with Crippen molar-refractivity contribution < 1.29 is 9.13 Å². The average molecular weight is 318 g/mol. The van der Waals surface area contributed by atoms with E-state index in [-0.39, 0.29) is 5.82 Å². The summed E-state index contributed by atoms with van der Waals surface area (Å²) < 4.78 is 18.9. The maximum Gasteiger partial charge on any atom is 0.123 e. The molecule has 3 heterocycles. The Morgan fingerprint density at radius 3 is 2.52 bits per heavy atom. The lowest BCUT2D eigenvalue weighted by molar-refractivity contribution is 0.0934. The van der Waals surface area contributed by atoms with E-state index in [2.05, 4.69) is 10.2 Å². The summed E-state index contributed by atoms with van der Waals surface area (Å²) in [4.78, 5) is 2.54. The quantitative estimate of drug-likeness (QED) is 0.903. The van der Waals surface area contributed by atoms with Crippen molar-refractivity contribution in [1.82, 2.24) is 10.2 Å².